The van der Waals surface area contributed by atoms with Crippen LogP contribution in [0.5, 0.6) is 0 Å². The third-order valence-corrected chi connectivity index (χ3v) is 2.97. The van der Waals surface area contributed by atoms with Gasteiger partial charge in [0, 0.05) is 13.0 Å². The van der Waals surface area contributed by atoms with Crippen LogP contribution in [0.4, 0.5) is 0 Å². The monoisotopic (exact) mass is 330 g/mol. The second-order valence-corrected chi connectivity index (χ2v) is 4.73. The van der Waals surface area contributed by atoms with Gasteiger partial charge in [-0.25, -0.2) is 0 Å². The average molecular weight is 331 g/mol. The third-order valence-electron chi connectivity index (χ3n) is 2.97. The Kier molecular flexibility index (Phi) is 26.5. The molecule has 0 aromatic rings. The number of esters is 1. The number of carbonyl (C=O) groups excluding carboxylic acids is 1. The van der Waals surface area contributed by atoms with Gasteiger partial charge in [-0.3, -0.25) is 4.79 Å². The minimum Gasteiger partial charge on any atom is -0.464 e. The molecule has 4 N–H and O–H groups in total. The van der Waals surface area contributed by atoms with Gasteiger partial charge in [0.15, 0.2) is 0 Å². The summed E-state index contributed by atoms with van der Waals surface area (Å²) >= 11 is 0. The zero-order valence-corrected chi connectivity index (χ0v) is 14.1. The van der Waals surface area contributed by atoms with Gasteiger partial charge in [0.05, 0.1) is 0 Å². The number of hydrogen-bond donors (Lipinski definition) is 2. The van der Waals surface area contributed by atoms with Crippen LogP contribution in [0.1, 0.15) is 64.2 Å². The van der Waals surface area contributed by atoms with Gasteiger partial charge in [0.1, 0.15) is 6.61 Å². The molecule has 20 heavy (non-hydrogen) atoms. The standard InChI is InChI=1S/C14H30N2O2.2ClH/c15-11-9-7-5-3-1-2-4-6-8-10-14(17)18-13-12-16;;/h1-13,15-16H2;2*1H. The predicted molar refractivity (Wildman–Crippen MR) is 89.7 cm³/mol. The summed E-state index contributed by atoms with van der Waals surface area (Å²) in [5.41, 5.74) is 10.7. The number of rotatable bonds is 13. The fourth-order valence-electron chi connectivity index (χ4n) is 1.90. The van der Waals surface area contributed by atoms with Crippen LogP contribution in [0.25, 0.3) is 0 Å². The normalized spacial score (nSPS) is 9.50. The first-order chi connectivity index (χ1) is 8.81. The number of unbranched alkanes of at least 4 members (excludes halogenated alkanes) is 8. The Balaban J connectivity index is -0.00000144. The highest BCUT2D eigenvalue weighted by Crippen LogP contribution is 2.10. The molecule has 4 nitrogen and oxygen atoms in total. The summed E-state index contributed by atoms with van der Waals surface area (Å²) in [5, 5.41) is 0. The van der Waals surface area contributed by atoms with Gasteiger partial charge < -0.3 is 16.2 Å². The van der Waals surface area contributed by atoms with E-state index in [1.807, 2.05) is 0 Å². The van der Waals surface area contributed by atoms with Crippen LogP contribution >= 0.6 is 24.8 Å². The summed E-state index contributed by atoms with van der Waals surface area (Å²) in [6.45, 7) is 1.58. The first-order valence-electron chi connectivity index (χ1n) is 7.37. The Labute approximate surface area is 136 Å². The fourth-order valence-corrected chi connectivity index (χ4v) is 1.90. The summed E-state index contributed by atoms with van der Waals surface area (Å²) < 4.78 is 4.90. The highest BCUT2D eigenvalue weighted by Gasteiger charge is 2.01. The van der Waals surface area contributed by atoms with Crippen LogP contribution in [0.2, 0.25) is 0 Å². The Morgan fingerprint density at radius 3 is 1.60 bits per heavy atom. The van der Waals surface area contributed by atoms with E-state index in [2.05, 4.69) is 0 Å². The first kappa shape index (κ1) is 25.0. The first-order valence-corrected chi connectivity index (χ1v) is 7.37. The van der Waals surface area contributed by atoms with Crippen LogP contribution < -0.4 is 11.5 Å². The molecule has 0 aliphatic carbocycles. The minimum atomic E-state index is -0.109. The van der Waals surface area contributed by atoms with Crippen molar-refractivity contribution >= 4 is 30.8 Å². The van der Waals surface area contributed by atoms with E-state index in [9.17, 15) is 4.79 Å². The highest BCUT2D eigenvalue weighted by molar-refractivity contribution is 5.85. The maximum absolute atomic E-state index is 11.1. The van der Waals surface area contributed by atoms with Crippen LogP contribution in [0.15, 0.2) is 0 Å². The molecule has 0 unspecified atom stereocenters. The van der Waals surface area contributed by atoms with Crippen molar-refractivity contribution in [1.29, 1.82) is 0 Å². The van der Waals surface area contributed by atoms with Crippen LogP contribution in [-0.4, -0.2) is 25.7 Å². The molecule has 0 aromatic carbocycles. The number of hydrogen-bond acceptors (Lipinski definition) is 4. The van der Waals surface area contributed by atoms with Gasteiger partial charge in [-0.2, -0.15) is 0 Å². The largest absolute Gasteiger partial charge is 0.464 e. The molecule has 0 saturated heterocycles. The molecule has 0 aromatic heterocycles. The third kappa shape index (κ3) is 20.3. The molecule has 0 rings (SSSR count). The average Bonchev–Trinajstić information content (AvgIpc) is 2.38. The fraction of sp³-hybridized carbons (Fsp3) is 0.929. The lowest BCUT2D eigenvalue weighted by Gasteiger charge is -2.03. The van der Waals surface area contributed by atoms with Crippen molar-refractivity contribution in [2.75, 3.05) is 19.7 Å². The van der Waals surface area contributed by atoms with E-state index in [1.54, 1.807) is 0 Å². The molecule has 0 amide bonds. The lowest BCUT2D eigenvalue weighted by molar-refractivity contribution is -0.143. The van der Waals surface area contributed by atoms with Crippen molar-refractivity contribution in [2.24, 2.45) is 11.5 Å². The van der Waals surface area contributed by atoms with Gasteiger partial charge in [0.2, 0.25) is 0 Å². The van der Waals surface area contributed by atoms with Crippen molar-refractivity contribution in [2.45, 2.75) is 64.2 Å². The van der Waals surface area contributed by atoms with Gasteiger partial charge in [-0.15, -0.1) is 24.8 Å². The van der Waals surface area contributed by atoms with Gasteiger partial charge in [-0.05, 0) is 19.4 Å². The van der Waals surface area contributed by atoms with E-state index >= 15 is 0 Å². The molecule has 0 heterocycles. The van der Waals surface area contributed by atoms with E-state index < -0.39 is 0 Å². The van der Waals surface area contributed by atoms with E-state index in [0.29, 0.717) is 19.6 Å². The summed E-state index contributed by atoms with van der Waals surface area (Å²) in [5.74, 6) is -0.109. The van der Waals surface area contributed by atoms with E-state index in [1.165, 1.54) is 38.5 Å². The van der Waals surface area contributed by atoms with Crippen LogP contribution in [0.3, 0.4) is 0 Å². The Bertz CT molecular complexity index is 196. The van der Waals surface area contributed by atoms with Gasteiger partial charge in [-0.1, -0.05) is 44.9 Å². The topological polar surface area (TPSA) is 78.3 Å². The molecular weight excluding hydrogens is 299 g/mol. The quantitative estimate of drug-likeness (QED) is 0.401. The zero-order chi connectivity index (χ0) is 13.5. The summed E-state index contributed by atoms with van der Waals surface area (Å²) in [7, 11) is 0. The molecule has 0 saturated carbocycles. The Hall–Kier alpha value is -0.0300. The zero-order valence-electron chi connectivity index (χ0n) is 12.5. The molecule has 0 radical (unpaired) electrons. The second-order valence-electron chi connectivity index (χ2n) is 4.73. The maximum atomic E-state index is 11.1. The highest BCUT2D eigenvalue weighted by atomic mass is 35.5. The van der Waals surface area contributed by atoms with Crippen molar-refractivity contribution in [3.63, 3.8) is 0 Å². The summed E-state index contributed by atoms with van der Waals surface area (Å²) in [4.78, 5) is 11.1. The molecular formula is C14H32Cl2N2O2. The molecule has 0 atom stereocenters. The molecule has 124 valence electrons. The van der Waals surface area contributed by atoms with Crippen molar-refractivity contribution < 1.29 is 9.53 Å². The van der Waals surface area contributed by atoms with Crippen LogP contribution in [0, 0.1) is 0 Å². The van der Waals surface area contributed by atoms with Crippen molar-refractivity contribution in [3.8, 4) is 0 Å². The number of carbonyl (C=O) groups is 1. The summed E-state index contributed by atoms with van der Waals surface area (Å²) in [6, 6.07) is 0. The Morgan fingerprint density at radius 1 is 0.700 bits per heavy atom. The molecule has 6 heteroatoms. The molecule has 0 spiro atoms. The number of nitrogens with two attached hydrogens (primary N) is 2. The minimum absolute atomic E-state index is 0. The maximum Gasteiger partial charge on any atom is 0.305 e. The molecule has 0 fully saturated rings. The number of ether oxygens (including phenoxy) is 1. The lowest BCUT2D eigenvalue weighted by atomic mass is 10.1. The number of halogens is 2. The smallest absolute Gasteiger partial charge is 0.305 e. The lowest BCUT2D eigenvalue weighted by Crippen LogP contribution is -2.13. The van der Waals surface area contributed by atoms with E-state index in [-0.39, 0.29) is 30.8 Å². The van der Waals surface area contributed by atoms with Crippen LogP contribution in [-0.2, 0) is 9.53 Å². The second kappa shape index (κ2) is 21.3. The summed E-state index contributed by atoms with van der Waals surface area (Å²) in [6.07, 6.45) is 11.5. The van der Waals surface area contributed by atoms with Crippen molar-refractivity contribution in [3.05, 3.63) is 0 Å². The van der Waals surface area contributed by atoms with E-state index in [4.69, 9.17) is 16.2 Å². The Morgan fingerprint density at radius 2 is 1.15 bits per heavy atom. The van der Waals surface area contributed by atoms with Gasteiger partial charge >= 0.3 is 5.97 Å². The molecule has 0 aliphatic heterocycles. The van der Waals surface area contributed by atoms with Crippen molar-refractivity contribution in [1.82, 2.24) is 0 Å². The molecule has 0 bridgehead atoms. The predicted octanol–water partition coefficient (Wildman–Crippen LogP) is 3.19. The van der Waals surface area contributed by atoms with Gasteiger partial charge in [0.25, 0.3) is 0 Å². The SMILES string of the molecule is Cl.Cl.NCCCCCCCCCCCC(=O)OCCN. The van der Waals surface area contributed by atoms with E-state index in [0.717, 1.165) is 25.8 Å². The molecule has 0 aliphatic rings.